The average Bonchev–Trinajstić information content (AvgIpc) is 2.61. The third-order valence-electron chi connectivity index (χ3n) is 5.20. The number of ether oxygens (including phenoxy) is 1. The molecule has 1 aromatic heterocycles. The van der Waals surface area contributed by atoms with E-state index in [2.05, 4.69) is 4.98 Å². The van der Waals surface area contributed by atoms with Gasteiger partial charge in [0.05, 0.1) is 29.2 Å². The SMILES string of the molecule is Cc1ccc(S(=O)(=O)N2CCO[C@H]3CCCC[C@H]32)c2cccnc12. The maximum Gasteiger partial charge on any atom is 0.244 e. The molecule has 1 aliphatic heterocycles. The van der Waals surface area contributed by atoms with Crippen molar-refractivity contribution in [2.75, 3.05) is 13.2 Å². The topological polar surface area (TPSA) is 59.5 Å². The van der Waals surface area contributed by atoms with Gasteiger partial charge in [-0.2, -0.15) is 4.31 Å². The third-order valence-corrected chi connectivity index (χ3v) is 7.18. The van der Waals surface area contributed by atoms with Crippen LogP contribution < -0.4 is 0 Å². The van der Waals surface area contributed by atoms with Crippen molar-refractivity contribution in [3.8, 4) is 0 Å². The number of rotatable bonds is 2. The Kier molecular flexibility index (Phi) is 4.06. The molecule has 0 bridgehead atoms. The van der Waals surface area contributed by atoms with Crippen LogP contribution in [0.3, 0.4) is 0 Å². The molecule has 1 aliphatic carbocycles. The Bertz CT molecular complexity index is 864. The van der Waals surface area contributed by atoms with E-state index in [1.54, 1.807) is 22.6 Å². The average molecular weight is 346 g/mol. The van der Waals surface area contributed by atoms with Crippen molar-refractivity contribution in [2.45, 2.75) is 49.6 Å². The molecule has 1 saturated carbocycles. The minimum atomic E-state index is -3.56. The molecule has 128 valence electrons. The molecule has 2 fully saturated rings. The van der Waals surface area contributed by atoms with Gasteiger partial charge in [0.15, 0.2) is 0 Å². The summed E-state index contributed by atoms with van der Waals surface area (Å²) in [4.78, 5) is 4.74. The summed E-state index contributed by atoms with van der Waals surface area (Å²) in [6.07, 6.45) is 5.76. The molecular weight excluding hydrogens is 324 g/mol. The quantitative estimate of drug-likeness (QED) is 0.839. The fourth-order valence-corrected chi connectivity index (χ4v) is 5.85. The minimum absolute atomic E-state index is 0.0366. The van der Waals surface area contributed by atoms with Crippen LogP contribution in [0.5, 0.6) is 0 Å². The van der Waals surface area contributed by atoms with Crippen molar-refractivity contribution in [1.82, 2.24) is 9.29 Å². The van der Waals surface area contributed by atoms with Crippen LogP contribution in [-0.2, 0) is 14.8 Å². The first-order chi connectivity index (χ1) is 11.6. The number of hydrogen-bond acceptors (Lipinski definition) is 4. The van der Waals surface area contributed by atoms with E-state index < -0.39 is 10.0 Å². The summed E-state index contributed by atoms with van der Waals surface area (Å²) >= 11 is 0. The van der Waals surface area contributed by atoms with Gasteiger partial charge in [0.25, 0.3) is 0 Å². The Morgan fingerprint density at radius 3 is 2.92 bits per heavy atom. The zero-order valence-electron chi connectivity index (χ0n) is 13.8. The summed E-state index contributed by atoms with van der Waals surface area (Å²) < 4.78 is 34.3. The van der Waals surface area contributed by atoms with Crippen LogP contribution in [-0.4, -0.2) is 43.0 Å². The van der Waals surface area contributed by atoms with Gasteiger partial charge in [-0.3, -0.25) is 4.98 Å². The zero-order valence-corrected chi connectivity index (χ0v) is 14.6. The molecule has 4 rings (SSSR count). The predicted octanol–water partition coefficient (Wildman–Crippen LogP) is 2.88. The second kappa shape index (κ2) is 6.10. The minimum Gasteiger partial charge on any atom is -0.375 e. The molecule has 2 atom stereocenters. The van der Waals surface area contributed by atoms with Crippen LogP contribution in [0, 0.1) is 6.92 Å². The van der Waals surface area contributed by atoms with Crippen LogP contribution in [0.2, 0.25) is 0 Å². The highest BCUT2D eigenvalue weighted by molar-refractivity contribution is 7.89. The van der Waals surface area contributed by atoms with E-state index in [0.29, 0.717) is 23.4 Å². The molecule has 2 aromatic rings. The number of hydrogen-bond donors (Lipinski definition) is 0. The number of sulfonamides is 1. The molecule has 5 nitrogen and oxygen atoms in total. The smallest absolute Gasteiger partial charge is 0.244 e. The van der Waals surface area contributed by atoms with Gasteiger partial charge in [-0.25, -0.2) is 8.42 Å². The summed E-state index contributed by atoms with van der Waals surface area (Å²) in [5.41, 5.74) is 1.74. The molecular formula is C18H22N2O3S. The summed E-state index contributed by atoms with van der Waals surface area (Å²) in [6, 6.07) is 7.18. The van der Waals surface area contributed by atoms with Gasteiger partial charge in [0.2, 0.25) is 10.0 Å². The van der Waals surface area contributed by atoms with Crippen molar-refractivity contribution in [1.29, 1.82) is 0 Å². The molecule has 0 amide bonds. The van der Waals surface area contributed by atoms with Crippen molar-refractivity contribution >= 4 is 20.9 Å². The Balaban J connectivity index is 1.82. The summed E-state index contributed by atoms with van der Waals surface area (Å²) in [5, 5.41) is 0.705. The van der Waals surface area contributed by atoms with E-state index in [9.17, 15) is 8.42 Å². The lowest BCUT2D eigenvalue weighted by atomic mass is 9.91. The van der Waals surface area contributed by atoms with E-state index in [0.717, 1.165) is 36.8 Å². The van der Waals surface area contributed by atoms with Gasteiger partial charge >= 0.3 is 0 Å². The van der Waals surface area contributed by atoms with Gasteiger partial charge in [-0.05, 0) is 43.5 Å². The lowest BCUT2D eigenvalue weighted by Crippen LogP contribution is -2.54. The fraction of sp³-hybridized carbons (Fsp3) is 0.500. The van der Waals surface area contributed by atoms with Crippen molar-refractivity contribution in [3.63, 3.8) is 0 Å². The standard InChI is InChI=1S/C18H22N2O3S/c1-13-8-9-17(14-5-4-10-19-18(13)14)24(21,22)20-11-12-23-16-7-3-2-6-15(16)20/h4-5,8-10,15-16H,2-3,6-7,11-12H2,1H3/t15-,16+/m1/s1. The van der Waals surface area contributed by atoms with E-state index in [-0.39, 0.29) is 12.1 Å². The van der Waals surface area contributed by atoms with Crippen LogP contribution in [0.1, 0.15) is 31.2 Å². The Morgan fingerprint density at radius 2 is 2.04 bits per heavy atom. The number of pyridine rings is 1. The van der Waals surface area contributed by atoms with Crippen LogP contribution in [0.25, 0.3) is 10.9 Å². The Morgan fingerprint density at radius 1 is 1.21 bits per heavy atom. The van der Waals surface area contributed by atoms with Gasteiger partial charge < -0.3 is 4.74 Å². The third kappa shape index (κ3) is 2.53. The number of benzene rings is 1. The number of aryl methyl sites for hydroxylation is 1. The fourth-order valence-electron chi connectivity index (χ4n) is 4.00. The molecule has 1 saturated heterocycles. The molecule has 0 unspecified atom stereocenters. The Labute approximate surface area is 142 Å². The predicted molar refractivity (Wildman–Crippen MR) is 92.4 cm³/mol. The molecule has 0 spiro atoms. The van der Waals surface area contributed by atoms with Gasteiger partial charge in [-0.1, -0.05) is 18.9 Å². The van der Waals surface area contributed by atoms with Crippen molar-refractivity contribution < 1.29 is 13.2 Å². The van der Waals surface area contributed by atoms with E-state index in [1.165, 1.54) is 0 Å². The normalized spacial score (nSPS) is 25.5. The van der Waals surface area contributed by atoms with Gasteiger partial charge in [0.1, 0.15) is 0 Å². The number of aromatic nitrogens is 1. The molecule has 0 N–H and O–H groups in total. The molecule has 0 radical (unpaired) electrons. The number of nitrogens with zero attached hydrogens (tertiary/aromatic N) is 2. The Hall–Kier alpha value is -1.50. The number of fused-ring (bicyclic) bond motifs is 2. The summed E-state index contributed by atoms with van der Waals surface area (Å²) in [6.45, 7) is 2.86. The summed E-state index contributed by atoms with van der Waals surface area (Å²) in [7, 11) is -3.56. The molecule has 6 heteroatoms. The van der Waals surface area contributed by atoms with E-state index in [4.69, 9.17) is 4.74 Å². The molecule has 2 aliphatic rings. The first-order valence-electron chi connectivity index (χ1n) is 8.57. The summed E-state index contributed by atoms with van der Waals surface area (Å²) in [5.74, 6) is 0. The van der Waals surface area contributed by atoms with Crippen LogP contribution in [0.4, 0.5) is 0 Å². The first kappa shape index (κ1) is 16.0. The molecule has 24 heavy (non-hydrogen) atoms. The van der Waals surface area contributed by atoms with Gasteiger partial charge in [0, 0.05) is 18.1 Å². The second-order valence-corrected chi connectivity index (χ2v) is 8.52. The highest BCUT2D eigenvalue weighted by Crippen LogP contribution is 2.34. The van der Waals surface area contributed by atoms with Crippen LogP contribution in [0.15, 0.2) is 35.4 Å². The van der Waals surface area contributed by atoms with Crippen molar-refractivity contribution in [2.24, 2.45) is 0 Å². The monoisotopic (exact) mass is 346 g/mol. The maximum atomic E-state index is 13.4. The number of morpholine rings is 1. The van der Waals surface area contributed by atoms with Crippen LogP contribution >= 0.6 is 0 Å². The highest BCUT2D eigenvalue weighted by Gasteiger charge is 2.41. The second-order valence-electron chi connectivity index (χ2n) is 6.66. The lowest BCUT2D eigenvalue weighted by molar-refractivity contribution is -0.0585. The van der Waals surface area contributed by atoms with Crippen molar-refractivity contribution in [3.05, 3.63) is 36.0 Å². The molecule has 2 heterocycles. The maximum absolute atomic E-state index is 13.4. The van der Waals surface area contributed by atoms with Gasteiger partial charge in [-0.15, -0.1) is 0 Å². The lowest BCUT2D eigenvalue weighted by Gasteiger charge is -2.42. The zero-order chi connectivity index (χ0) is 16.7. The largest absolute Gasteiger partial charge is 0.375 e. The van der Waals surface area contributed by atoms with E-state index >= 15 is 0 Å². The van der Waals surface area contributed by atoms with E-state index in [1.807, 2.05) is 19.1 Å². The molecule has 1 aromatic carbocycles. The highest BCUT2D eigenvalue weighted by atomic mass is 32.2. The first-order valence-corrected chi connectivity index (χ1v) is 10.0.